The van der Waals surface area contributed by atoms with Crippen LogP contribution in [0.1, 0.15) is 35.1 Å². The van der Waals surface area contributed by atoms with Crippen molar-refractivity contribution in [3.63, 3.8) is 0 Å². The van der Waals surface area contributed by atoms with Gasteiger partial charge in [0.05, 0.1) is 0 Å². The van der Waals surface area contributed by atoms with Crippen molar-refractivity contribution < 1.29 is 0 Å². The van der Waals surface area contributed by atoms with Crippen LogP contribution in [-0.2, 0) is 6.42 Å². The first kappa shape index (κ1) is 15.6. The van der Waals surface area contributed by atoms with E-state index in [0.29, 0.717) is 5.92 Å². The lowest BCUT2D eigenvalue weighted by Crippen LogP contribution is -2.02. The SMILES string of the molecule is Cc1ccc(C(C)Cc2ccccc2-c2ccccc2)c(C)c1. The maximum atomic E-state index is 2.33. The van der Waals surface area contributed by atoms with Crippen LogP contribution in [0, 0.1) is 13.8 Å². The molecule has 1 unspecified atom stereocenters. The minimum absolute atomic E-state index is 0.514. The van der Waals surface area contributed by atoms with E-state index in [0.717, 1.165) is 6.42 Å². The quantitative estimate of drug-likeness (QED) is 0.529. The molecule has 0 heterocycles. The summed E-state index contributed by atoms with van der Waals surface area (Å²) in [5.41, 5.74) is 8.27. The second kappa shape index (κ2) is 6.83. The van der Waals surface area contributed by atoms with Crippen molar-refractivity contribution in [2.45, 2.75) is 33.1 Å². The molecule has 3 rings (SSSR count). The van der Waals surface area contributed by atoms with Gasteiger partial charge in [-0.25, -0.2) is 0 Å². The van der Waals surface area contributed by atoms with Gasteiger partial charge in [-0.3, -0.25) is 0 Å². The molecule has 0 nitrogen and oxygen atoms in total. The standard InChI is InChI=1S/C23H24/c1-17-13-14-22(18(2)15-17)19(3)16-21-11-7-8-12-23(21)20-9-5-4-6-10-20/h4-15,19H,16H2,1-3H3. The zero-order chi connectivity index (χ0) is 16.2. The molecule has 1 atom stereocenters. The van der Waals surface area contributed by atoms with Crippen LogP contribution < -0.4 is 0 Å². The van der Waals surface area contributed by atoms with Crippen LogP contribution >= 0.6 is 0 Å². The highest BCUT2D eigenvalue weighted by molar-refractivity contribution is 5.67. The second-order valence-corrected chi connectivity index (χ2v) is 6.49. The zero-order valence-electron chi connectivity index (χ0n) is 14.2. The topological polar surface area (TPSA) is 0 Å². The summed E-state index contributed by atoms with van der Waals surface area (Å²) >= 11 is 0. The summed E-state index contributed by atoms with van der Waals surface area (Å²) in [6.07, 6.45) is 1.06. The molecular weight excluding hydrogens is 276 g/mol. The molecule has 116 valence electrons. The molecule has 0 aliphatic heterocycles. The molecule has 0 aliphatic rings. The Labute approximate surface area is 139 Å². The Hall–Kier alpha value is -2.34. The second-order valence-electron chi connectivity index (χ2n) is 6.49. The summed E-state index contributed by atoms with van der Waals surface area (Å²) in [6.45, 7) is 6.72. The van der Waals surface area contributed by atoms with Crippen LogP contribution in [0.4, 0.5) is 0 Å². The fourth-order valence-corrected chi connectivity index (χ4v) is 3.42. The highest BCUT2D eigenvalue weighted by Crippen LogP contribution is 2.30. The number of hydrogen-bond acceptors (Lipinski definition) is 0. The maximum Gasteiger partial charge on any atom is -0.0147 e. The van der Waals surface area contributed by atoms with Gasteiger partial charge in [-0.15, -0.1) is 0 Å². The number of hydrogen-bond donors (Lipinski definition) is 0. The van der Waals surface area contributed by atoms with Crippen molar-refractivity contribution in [1.82, 2.24) is 0 Å². The fraction of sp³-hybridized carbons (Fsp3) is 0.217. The molecule has 0 aromatic heterocycles. The first-order valence-corrected chi connectivity index (χ1v) is 8.35. The summed E-state index contributed by atoms with van der Waals surface area (Å²) in [7, 11) is 0. The van der Waals surface area contributed by atoms with Crippen molar-refractivity contribution in [3.8, 4) is 11.1 Å². The number of aryl methyl sites for hydroxylation is 2. The maximum absolute atomic E-state index is 2.33. The Morgan fingerprint density at radius 1 is 0.783 bits per heavy atom. The van der Waals surface area contributed by atoms with Crippen LogP contribution in [0.3, 0.4) is 0 Å². The first-order chi connectivity index (χ1) is 11.1. The molecule has 3 aromatic carbocycles. The van der Waals surface area contributed by atoms with E-state index >= 15 is 0 Å². The van der Waals surface area contributed by atoms with Crippen molar-refractivity contribution in [2.24, 2.45) is 0 Å². The minimum Gasteiger partial charge on any atom is -0.0622 e. The Balaban J connectivity index is 1.91. The lowest BCUT2D eigenvalue weighted by molar-refractivity contribution is 0.754. The van der Waals surface area contributed by atoms with E-state index in [1.54, 1.807) is 0 Å². The molecule has 0 heteroatoms. The highest BCUT2D eigenvalue weighted by Gasteiger charge is 2.12. The van der Waals surface area contributed by atoms with Crippen molar-refractivity contribution in [2.75, 3.05) is 0 Å². The monoisotopic (exact) mass is 300 g/mol. The van der Waals surface area contributed by atoms with Gasteiger partial charge in [0.25, 0.3) is 0 Å². The van der Waals surface area contributed by atoms with Crippen molar-refractivity contribution in [3.05, 3.63) is 95.1 Å². The molecule has 0 aliphatic carbocycles. The van der Waals surface area contributed by atoms with Gasteiger partial charge in [-0.1, -0.05) is 85.3 Å². The van der Waals surface area contributed by atoms with Gasteiger partial charge in [-0.05, 0) is 54.0 Å². The van der Waals surface area contributed by atoms with Gasteiger partial charge in [0.15, 0.2) is 0 Å². The van der Waals surface area contributed by atoms with E-state index in [4.69, 9.17) is 0 Å². The van der Waals surface area contributed by atoms with Gasteiger partial charge in [0, 0.05) is 0 Å². The summed E-state index contributed by atoms with van der Waals surface area (Å²) in [4.78, 5) is 0. The Morgan fingerprint density at radius 2 is 1.48 bits per heavy atom. The molecule has 0 fully saturated rings. The summed E-state index contributed by atoms with van der Waals surface area (Å²) < 4.78 is 0. The Morgan fingerprint density at radius 3 is 2.22 bits per heavy atom. The average molecular weight is 300 g/mol. The fourth-order valence-electron chi connectivity index (χ4n) is 3.42. The largest absolute Gasteiger partial charge is 0.0622 e. The van der Waals surface area contributed by atoms with E-state index < -0.39 is 0 Å². The molecule has 0 amide bonds. The third-order valence-corrected chi connectivity index (χ3v) is 4.58. The summed E-state index contributed by atoms with van der Waals surface area (Å²) in [6, 6.07) is 26.3. The first-order valence-electron chi connectivity index (χ1n) is 8.35. The molecule has 0 saturated carbocycles. The molecule has 0 saturated heterocycles. The van der Waals surface area contributed by atoms with E-state index in [-0.39, 0.29) is 0 Å². The summed E-state index contributed by atoms with van der Waals surface area (Å²) in [5.74, 6) is 0.514. The molecule has 23 heavy (non-hydrogen) atoms. The van der Waals surface area contributed by atoms with Crippen LogP contribution in [0.5, 0.6) is 0 Å². The molecule has 0 N–H and O–H groups in total. The molecule has 0 radical (unpaired) electrons. The van der Waals surface area contributed by atoms with E-state index in [9.17, 15) is 0 Å². The van der Waals surface area contributed by atoms with Gasteiger partial charge in [0.1, 0.15) is 0 Å². The third kappa shape index (κ3) is 3.53. The molecule has 0 spiro atoms. The molecular formula is C23H24. The molecule has 3 aromatic rings. The average Bonchev–Trinajstić information content (AvgIpc) is 2.56. The van der Waals surface area contributed by atoms with Crippen molar-refractivity contribution >= 4 is 0 Å². The van der Waals surface area contributed by atoms with Gasteiger partial charge >= 0.3 is 0 Å². The predicted octanol–water partition coefficient (Wildman–Crippen LogP) is 6.32. The van der Waals surface area contributed by atoms with Crippen LogP contribution in [0.15, 0.2) is 72.8 Å². The summed E-state index contributed by atoms with van der Waals surface area (Å²) in [5, 5.41) is 0. The Kier molecular flexibility index (Phi) is 4.62. The smallest absolute Gasteiger partial charge is 0.0147 e. The normalized spacial score (nSPS) is 12.1. The van der Waals surface area contributed by atoms with E-state index in [1.165, 1.54) is 33.4 Å². The number of benzene rings is 3. The van der Waals surface area contributed by atoms with Gasteiger partial charge in [0.2, 0.25) is 0 Å². The van der Waals surface area contributed by atoms with Crippen LogP contribution in [0.25, 0.3) is 11.1 Å². The zero-order valence-corrected chi connectivity index (χ0v) is 14.2. The van der Waals surface area contributed by atoms with E-state index in [2.05, 4.69) is 93.6 Å². The Bertz CT molecular complexity index is 784. The van der Waals surface area contributed by atoms with Crippen LogP contribution in [-0.4, -0.2) is 0 Å². The lowest BCUT2D eigenvalue weighted by atomic mass is 9.87. The minimum atomic E-state index is 0.514. The van der Waals surface area contributed by atoms with E-state index in [1.807, 2.05) is 0 Å². The van der Waals surface area contributed by atoms with Gasteiger partial charge in [-0.2, -0.15) is 0 Å². The highest BCUT2D eigenvalue weighted by atomic mass is 14.2. The third-order valence-electron chi connectivity index (χ3n) is 4.58. The molecule has 0 bridgehead atoms. The predicted molar refractivity (Wildman–Crippen MR) is 99.9 cm³/mol. The van der Waals surface area contributed by atoms with Crippen LogP contribution in [0.2, 0.25) is 0 Å². The van der Waals surface area contributed by atoms with Crippen molar-refractivity contribution in [1.29, 1.82) is 0 Å². The van der Waals surface area contributed by atoms with Gasteiger partial charge < -0.3 is 0 Å². The lowest BCUT2D eigenvalue weighted by Gasteiger charge is -2.18. The number of rotatable bonds is 4.